The quantitative estimate of drug-likeness (QED) is 0.0321. The van der Waals surface area contributed by atoms with E-state index >= 15 is 0 Å². The van der Waals surface area contributed by atoms with Gasteiger partial charge in [-0.25, -0.2) is 0 Å². The van der Waals surface area contributed by atoms with Crippen molar-refractivity contribution in [3.05, 3.63) is 60.8 Å². The molecular formula is C61H111NO5. The van der Waals surface area contributed by atoms with E-state index < -0.39 is 18.2 Å². The molecule has 390 valence electrons. The molecule has 0 aliphatic rings. The fourth-order valence-corrected chi connectivity index (χ4v) is 8.64. The Labute approximate surface area is 416 Å². The molecule has 3 atom stereocenters. The standard InChI is InChI=1S/C61H111NO5/c1-4-7-10-13-16-19-22-25-28-30-32-35-38-41-44-47-50-53-59(64)58(56-63)62-60(65)55-57(52-49-46-43-40-37-34-31-27-24-21-18-15-12-9-6-3)67-61(66)54-51-48-45-42-39-36-33-29-26-23-20-17-14-11-8-5-2/h18,21,27,29,31,33,37,40,46,49,57-59,63-64H,4-17,19-20,22-26,28,30,32,34-36,38-39,41-45,47-48,50-56H2,1-3H3,(H,62,65)/b21-18-,31-27-,33-29+,40-37-,49-46-. The summed E-state index contributed by atoms with van der Waals surface area (Å²) in [6.07, 6.45) is 68.7. The predicted molar refractivity (Wildman–Crippen MR) is 292 cm³/mol. The third-order valence-corrected chi connectivity index (χ3v) is 13.1. The third-order valence-electron chi connectivity index (χ3n) is 13.1. The van der Waals surface area contributed by atoms with Crippen LogP contribution in [0.4, 0.5) is 0 Å². The molecule has 1 amide bonds. The van der Waals surface area contributed by atoms with Crippen LogP contribution in [0.2, 0.25) is 0 Å². The van der Waals surface area contributed by atoms with Crippen LogP contribution >= 0.6 is 0 Å². The van der Waals surface area contributed by atoms with Gasteiger partial charge < -0.3 is 20.3 Å². The molecule has 0 fully saturated rings. The van der Waals surface area contributed by atoms with Crippen molar-refractivity contribution in [2.75, 3.05) is 6.61 Å². The van der Waals surface area contributed by atoms with Crippen molar-refractivity contribution in [3.8, 4) is 0 Å². The number of rotatable bonds is 52. The predicted octanol–water partition coefficient (Wildman–Crippen LogP) is 18.0. The summed E-state index contributed by atoms with van der Waals surface area (Å²) in [6.45, 7) is 6.45. The number of nitrogens with one attached hydrogen (secondary N) is 1. The molecule has 0 aromatic heterocycles. The van der Waals surface area contributed by atoms with Crippen LogP contribution in [0, 0.1) is 0 Å². The highest BCUT2D eigenvalue weighted by atomic mass is 16.5. The first kappa shape index (κ1) is 64.6. The van der Waals surface area contributed by atoms with Crippen LogP contribution in [0.1, 0.15) is 290 Å². The molecular weight excluding hydrogens is 827 g/mol. The van der Waals surface area contributed by atoms with E-state index in [0.717, 1.165) is 64.2 Å². The number of esters is 1. The van der Waals surface area contributed by atoms with E-state index in [2.05, 4.69) is 80.8 Å². The van der Waals surface area contributed by atoms with Gasteiger partial charge in [0.1, 0.15) is 6.10 Å². The number of hydrogen-bond donors (Lipinski definition) is 3. The molecule has 0 saturated carbocycles. The Bertz CT molecular complexity index is 1190. The van der Waals surface area contributed by atoms with Crippen LogP contribution in [-0.4, -0.2) is 46.9 Å². The van der Waals surface area contributed by atoms with Crippen LogP contribution < -0.4 is 5.32 Å². The van der Waals surface area contributed by atoms with E-state index in [1.807, 2.05) is 6.08 Å². The number of carbonyl (C=O) groups is 2. The number of ether oxygens (including phenoxy) is 1. The lowest BCUT2D eigenvalue weighted by Gasteiger charge is -2.24. The molecule has 0 rings (SSSR count). The minimum absolute atomic E-state index is 0.00140. The number of unbranched alkanes of at least 4 members (excludes halogenated alkanes) is 31. The maximum atomic E-state index is 13.2. The summed E-state index contributed by atoms with van der Waals surface area (Å²) in [5.41, 5.74) is 0. The zero-order valence-corrected chi connectivity index (χ0v) is 44.5. The van der Waals surface area contributed by atoms with Crippen molar-refractivity contribution >= 4 is 11.9 Å². The summed E-state index contributed by atoms with van der Waals surface area (Å²) in [4.78, 5) is 26.2. The molecule has 0 aliphatic carbocycles. The zero-order valence-electron chi connectivity index (χ0n) is 44.5. The number of amides is 1. The van der Waals surface area contributed by atoms with Gasteiger partial charge in [0.2, 0.25) is 5.91 Å². The third kappa shape index (κ3) is 49.8. The Morgan fingerprint density at radius 1 is 0.448 bits per heavy atom. The molecule has 3 N–H and O–H groups in total. The van der Waals surface area contributed by atoms with Crippen LogP contribution in [-0.2, 0) is 14.3 Å². The van der Waals surface area contributed by atoms with E-state index in [0.29, 0.717) is 19.3 Å². The second-order valence-corrected chi connectivity index (χ2v) is 19.7. The highest BCUT2D eigenvalue weighted by Crippen LogP contribution is 2.17. The van der Waals surface area contributed by atoms with Gasteiger partial charge in [0.15, 0.2) is 0 Å². The second kappa shape index (κ2) is 54.5. The molecule has 0 aromatic carbocycles. The maximum absolute atomic E-state index is 13.2. The highest BCUT2D eigenvalue weighted by molar-refractivity contribution is 5.77. The molecule has 0 bridgehead atoms. The zero-order chi connectivity index (χ0) is 48.8. The Hall–Kier alpha value is -2.44. The molecule has 3 unspecified atom stereocenters. The fraction of sp³-hybridized carbons (Fsp3) is 0.803. The van der Waals surface area contributed by atoms with Gasteiger partial charge in [-0.3, -0.25) is 9.59 Å². The first-order chi connectivity index (χ1) is 33.0. The van der Waals surface area contributed by atoms with Gasteiger partial charge in [-0.05, 0) is 70.6 Å². The molecule has 0 spiro atoms. The monoisotopic (exact) mass is 938 g/mol. The Kier molecular flexibility index (Phi) is 52.5. The Balaban J connectivity index is 4.64. The van der Waals surface area contributed by atoms with Gasteiger partial charge in [0.25, 0.3) is 0 Å². The maximum Gasteiger partial charge on any atom is 0.306 e. The summed E-state index contributed by atoms with van der Waals surface area (Å²) < 4.78 is 5.89. The molecule has 6 heteroatoms. The molecule has 0 aliphatic heterocycles. The van der Waals surface area contributed by atoms with Gasteiger partial charge in [-0.2, -0.15) is 0 Å². The summed E-state index contributed by atoms with van der Waals surface area (Å²) in [5, 5.41) is 23.8. The number of aliphatic hydroxyl groups is 2. The molecule has 0 aromatic rings. The summed E-state index contributed by atoms with van der Waals surface area (Å²) in [7, 11) is 0. The summed E-state index contributed by atoms with van der Waals surface area (Å²) >= 11 is 0. The van der Waals surface area contributed by atoms with Gasteiger partial charge >= 0.3 is 5.97 Å². The minimum Gasteiger partial charge on any atom is -0.461 e. The number of carbonyl (C=O) groups excluding carboxylic acids is 2. The van der Waals surface area contributed by atoms with E-state index in [1.54, 1.807) is 0 Å². The van der Waals surface area contributed by atoms with Crippen molar-refractivity contribution in [1.82, 2.24) is 5.32 Å². The summed E-state index contributed by atoms with van der Waals surface area (Å²) in [6, 6.07) is -0.734. The molecule has 0 heterocycles. The fourth-order valence-electron chi connectivity index (χ4n) is 8.64. The van der Waals surface area contributed by atoms with E-state index in [4.69, 9.17) is 4.74 Å². The first-order valence-corrected chi connectivity index (χ1v) is 29.0. The Morgan fingerprint density at radius 3 is 1.24 bits per heavy atom. The lowest BCUT2D eigenvalue weighted by atomic mass is 10.0. The first-order valence-electron chi connectivity index (χ1n) is 29.0. The lowest BCUT2D eigenvalue weighted by Crippen LogP contribution is -2.46. The van der Waals surface area contributed by atoms with Crippen LogP contribution in [0.3, 0.4) is 0 Å². The minimum atomic E-state index is -0.814. The van der Waals surface area contributed by atoms with Crippen molar-refractivity contribution in [1.29, 1.82) is 0 Å². The van der Waals surface area contributed by atoms with Crippen molar-refractivity contribution in [3.63, 3.8) is 0 Å². The van der Waals surface area contributed by atoms with E-state index in [1.165, 1.54) is 180 Å². The van der Waals surface area contributed by atoms with Crippen molar-refractivity contribution < 1.29 is 24.5 Å². The van der Waals surface area contributed by atoms with E-state index in [-0.39, 0.29) is 24.9 Å². The van der Waals surface area contributed by atoms with Gasteiger partial charge in [-0.1, -0.05) is 261 Å². The molecule has 0 radical (unpaired) electrons. The highest BCUT2D eigenvalue weighted by Gasteiger charge is 2.23. The second-order valence-electron chi connectivity index (χ2n) is 19.7. The normalized spacial score (nSPS) is 13.6. The van der Waals surface area contributed by atoms with Gasteiger partial charge in [0, 0.05) is 12.8 Å². The van der Waals surface area contributed by atoms with Crippen LogP contribution in [0.5, 0.6) is 0 Å². The average molecular weight is 939 g/mol. The number of aliphatic hydroxyl groups excluding tert-OH is 2. The topological polar surface area (TPSA) is 95.9 Å². The van der Waals surface area contributed by atoms with Gasteiger partial charge in [0.05, 0.1) is 25.2 Å². The van der Waals surface area contributed by atoms with Crippen LogP contribution in [0.25, 0.3) is 0 Å². The molecule has 0 saturated heterocycles. The average Bonchev–Trinajstić information content (AvgIpc) is 3.32. The summed E-state index contributed by atoms with van der Waals surface area (Å²) in [5.74, 6) is -0.579. The lowest BCUT2D eigenvalue weighted by molar-refractivity contribution is -0.150. The molecule has 6 nitrogen and oxygen atoms in total. The number of allylic oxidation sites excluding steroid dienone is 9. The smallest absolute Gasteiger partial charge is 0.306 e. The van der Waals surface area contributed by atoms with Crippen molar-refractivity contribution in [2.24, 2.45) is 0 Å². The van der Waals surface area contributed by atoms with E-state index in [9.17, 15) is 19.8 Å². The van der Waals surface area contributed by atoms with Gasteiger partial charge in [-0.15, -0.1) is 0 Å². The van der Waals surface area contributed by atoms with Crippen LogP contribution in [0.15, 0.2) is 60.8 Å². The SMILES string of the molecule is CCCCC/C=C\C/C=C\C/C=C\C/C=C\CC(CC(=O)NC(CO)C(O)CCCCCCCCCCCCCCCCCCC)OC(=O)CCCCCCC/C=C/CCCCCCCCC. The number of hydrogen-bond acceptors (Lipinski definition) is 5. The Morgan fingerprint density at radius 2 is 0.791 bits per heavy atom. The molecule has 67 heavy (non-hydrogen) atoms. The van der Waals surface area contributed by atoms with Crippen molar-refractivity contribution in [2.45, 2.75) is 309 Å². The largest absolute Gasteiger partial charge is 0.461 e.